The summed E-state index contributed by atoms with van der Waals surface area (Å²) in [5.74, 6) is 1.43. The topological polar surface area (TPSA) is 36.4 Å². The summed E-state index contributed by atoms with van der Waals surface area (Å²) >= 11 is 1.82. The van der Waals surface area contributed by atoms with Gasteiger partial charge in [0.2, 0.25) is 0 Å². The molecule has 0 radical (unpaired) electrons. The van der Waals surface area contributed by atoms with Gasteiger partial charge in [0.1, 0.15) is 0 Å². The lowest BCUT2D eigenvalue weighted by atomic mass is 10.1. The quantitative estimate of drug-likeness (QED) is 0.323. The molecule has 0 fully saturated rings. The van der Waals surface area contributed by atoms with E-state index in [1.54, 1.807) is 0 Å². The summed E-state index contributed by atoms with van der Waals surface area (Å²) < 4.78 is 0. The molecule has 0 spiro atoms. The summed E-state index contributed by atoms with van der Waals surface area (Å²) in [5, 5.41) is 8.56. The van der Waals surface area contributed by atoms with Crippen LogP contribution < -0.4 is 10.6 Å². The van der Waals surface area contributed by atoms with Crippen LogP contribution in [-0.4, -0.2) is 25.6 Å². The first kappa shape index (κ1) is 18.4. The summed E-state index contributed by atoms with van der Waals surface area (Å²) in [7, 11) is 0. The Balaban J connectivity index is 0.00000324. The smallest absolute Gasteiger partial charge is 0.191 e. The minimum atomic E-state index is 0. The first-order valence-electron chi connectivity index (χ1n) is 6.41. The molecule has 0 bridgehead atoms. The summed E-state index contributed by atoms with van der Waals surface area (Å²) in [5.41, 5.74) is 0. The molecule has 0 saturated heterocycles. The van der Waals surface area contributed by atoms with Gasteiger partial charge in [0.15, 0.2) is 5.96 Å². The minimum absolute atomic E-state index is 0. The summed E-state index contributed by atoms with van der Waals surface area (Å²) in [4.78, 5) is 6.01. The molecule has 1 atom stereocenters. The molecule has 0 aromatic carbocycles. The zero-order valence-electron chi connectivity index (χ0n) is 11.7. The van der Waals surface area contributed by atoms with E-state index in [1.165, 1.54) is 4.88 Å². The Morgan fingerprint density at radius 2 is 2.32 bits per heavy atom. The normalized spacial score (nSPS) is 12.4. The van der Waals surface area contributed by atoms with E-state index in [0.29, 0.717) is 5.92 Å². The van der Waals surface area contributed by atoms with E-state index < -0.39 is 0 Å². The van der Waals surface area contributed by atoms with E-state index in [0.717, 1.165) is 32.0 Å². The third kappa shape index (κ3) is 8.26. The number of rotatable bonds is 7. The summed E-state index contributed by atoms with van der Waals surface area (Å²) in [6, 6.07) is 4.29. The molecule has 1 aromatic heterocycles. The number of nitrogens with one attached hydrogen (secondary N) is 2. The molecule has 1 heterocycles. The molecular formula is C14H24IN3S. The van der Waals surface area contributed by atoms with Crippen molar-refractivity contribution in [2.24, 2.45) is 10.9 Å². The molecule has 5 heteroatoms. The van der Waals surface area contributed by atoms with Crippen LogP contribution in [0.4, 0.5) is 0 Å². The second-order valence-corrected chi connectivity index (χ2v) is 5.31. The lowest BCUT2D eigenvalue weighted by molar-refractivity contribution is 0.595. The lowest BCUT2D eigenvalue weighted by Gasteiger charge is -2.12. The van der Waals surface area contributed by atoms with Crippen LogP contribution in [0.3, 0.4) is 0 Å². The van der Waals surface area contributed by atoms with Crippen LogP contribution in [0.15, 0.2) is 35.2 Å². The van der Waals surface area contributed by atoms with Gasteiger partial charge in [-0.2, -0.15) is 0 Å². The molecule has 2 N–H and O–H groups in total. The van der Waals surface area contributed by atoms with Crippen LogP contribution >= 0.6 is 35.3 Å². The molecule has 0 saturated carbocycles. The Morgan fingerprint density at radius 1 is 1.53 bits per heavy atom. The average molecular weight is 393 g/mol. The largest absolute Gasteiger partial charge is 0.357 e. The van der Waals surface area contributed by atoms with Gasteiger partial charge in [-0.15, -0.1) is 41.9 Å². The summed E-state index contributed by atoms with van der Waals surface area (Å²) in [6.07, 6.45) is 2.93. The van der Waals surface area contributed by atoms with Gasteiger partial charge < -0.3 is 10.6 Å². The van der Waals surface area contributed by atoms with Crippen molar-refractivity contribution >= 4 is 41.3 Å². The second-order valence-electron chi connectivity index (χ2n) is 4.28. The van der Waals surface area contributed by atoms with E-state index in [4.69, 9.17) is 0 Å². The Morgan fingerprint density at radius 3 is 2.89 bits per heavy atom. The third-order valence-electron chi connectivity index (χ3n) is 2.45. The van der Waals surface area contributed by atoms with Crippen molar-refractivity contribution in [3.05, 3.63) is 35.0 Å². The van der Waals surface area contributed by atoms with Gasteiger partial charge in [0.05, 0.1) is 0 Å². The van der Waals surface area contributed by atoms with E-state index >= 15 is 0 Å². The van der Waals surface area contributed by atoms with Crippen molar-refractivity contribution in [1.82, 2.24) is 10.6 Å². The minimum Gasteiger partial charge on any atom is -0.357 e. The maximum Gasteiger partial charge on any atom is 0.191 e. The van der Waals surface area contributed by atoms with Gasteiger partial charge in [0.25, 0.3) is 0 Å². The fourth-order valence-corrected chi connectivity index (χ4v) is 2.46. The van der Waals surface area contributed by atoms with Gasteiger partial charge in [-0.3, -0.25) is 4.99 Å². The highest BCUT2D eigenvalue weighted by molar-refractivity contribution is 14.0. The van der Waals surface area contributed by atoms with Crippen molar-refractivity contribution < 1.29 is 0 Å². The van der Waals surface area contributed by atoms with Gasteiger partial charge in [-0.1, -0.05) is 19.1 Å². The monoisotopic (exact) mass is 393 g/mol. The maximum atomic E-state index is 4.58. The van der Waals surface area contributed by atoms with Crippen molar-refractivity contribution in [3.63, 3.8) is 0 Å². The van der Waals surface area contributed by atoms with E-state index in [9.17, 15) is 0 Å². The van der Waals surface area contributed by atoms with Crippen LogP contribution in [0.2, 0.25) is 0 Å². The van der Waals surface area contributed by atoms with Crippen molar-refractivity contribution in [2.75, 3.05) is 19.6 Å². The SMILES string of the molecule is C=CCNC(=NCC(C)Cc1cccs1)NCC.I. The third-order valence-corrected chi connectivity index (χ3v) is 3.35. The average Bonchev–Trinajstić information content (AvgIpc) is 2.85. The number of nitrogens with zero attached hydrogens (tertiary/aromatic N) is 1. The van der Waals surface area contributed by atoms with Crippen LogP contribution in [-0.2, 0) is 6.42 Å². The van der Waals surface area contributed by atoms with Gasteiger partial charge in [0, 0.05) is 24.5 Å². The Kier molecular flexibility index (Phi) is 10.9. The molecule has 0 aliphatic rings. The molecule has 0 amide bonds. The molecule has 3 nitrogen and oxygen atoms in total. The Labute approximate surface area is 137 Å². The van der Waals surface area contributed by atoms with Crippen LogP contribution in [0.1, 0.15) is 18.7 Å². The molecule has 0 aliphatic carbocycles. The molecular weight excluding hydrogens is 369 g/mol. The number of hydrogen-bond acceptors (Lipinski definition) is 2. The van der Waals surface area contributed by atoms with Crippen molar-refractivity contribution in [1.29, 1.82) is 0 Å². The van der Waals surface area contributed by atoms with Crippen molar-refractivity contribution in [2.45, 2.75) is 20.3 Å². The number of halogens is 1. The molecule has 0 aliphatic heterocycles. The predicted molar refractivity (Wildman–Crippen MR) is 96.8 cm³/mol. The predicted octanol–water partition coefficient (Wildman–Crippen LogP) is 3.29. The highest BCUT2D eigenvalue weighted by Gasteiger charge is 2.04. The first-order valence-corrected chi connectivity index (χ1v) is 7.29. The molecule has 108 valence electrons. The van der Waals surface area contributed by atoms with Gasteiger partial charge in [-0.25, -0.2) is 0 Å². The maximum absolute atomic E-state index is 4.58. The molecule has 1 rings (SSSR count). The van der Waals surface area contributed by atoms with Crippen LogP contribution in [0, 0.1) is 5.92 Å². The fourth-order valence-electron chi connectivity index (χ4n) is 1.59. The Hall–Kier alpha value is -0.560. The Bertz CT molecular complexity index is 363. The number of guanidine groups is 1. The molecule has 1 unspecified atom stereocenters. The standard InChI is InChI=1S/C14H23N3S.HI/c1-4-8-16-14(15-5-2)17-11-12(3)10-13-7-6-9-18-13;/h4,6-7,9,12H,1,5,8,10-11H2,2-3H3,(H2,15,16,17);1H. The zero-order chi connectivity index (χ0) is 13.2. The number of aliphatic imine (C=N–C) groups is 1. The van der Waals surface area contributed by atoms with Crippen LogP contribution in [0.25, 0.3) is 0 Å². The van der Waals surface area contributed by atoms with Gasteiger partial charge >= 0.3 is 0 Å². The second kappa shape index (κ2) is 11.3. The molecule has 1 aromatic rings. The number of hydrogen-bond donors (Lipinski definition) is 2. The van der Waals surface area contributed by atoms with E-state index in [2.05, 4.69) is 53.6 Å². The zero-order valence-corrected chi connectivity index (χ0v) is 14.8. The highest BCUT2D eigenvalue weighted by atomic mass is 127. The number of thiophene rings is 1. The van der Waals surface area contributed by atoms with Crippen LogP contribution in [0.5, 0.6) is 0 Å². The van der Waals surface area contributed by atoms with E-state index in [-0.39, 0.29) is 24.0 Å². The summed E-state index contributed by atoms with van der Waals surface area (Å²) in [6.45, 7) is 10.5. The fraction of sp³-hybridized carbons (Fsp3) is 0.500. The first-order chi connectivity index (χ1) is 8.76. The molecule has 19 heavy (non-hydrogen) atoms. The highest BCUT2D eigenvalue weighted by Crippen LogP contribution is 2.14. The van der Waals surface area contributed by atoms with Gasteiger partial charge in [-0.05, 0) is 30.7 Å². The van der Waals surface area contributed by atoms with E-state index in [1.807, 2.05) is 17.4 Å². The lowest BCUT2D eigenvalue weighted by Crippen LogP contribution is -2.37. The van der Waals surface area contributed by atoms with Crippen molar-refractivity contribution in [3.8, 4) is 0 Å².